The molecule has 2 unspecified atom stereocenters. The number of rotatable bonds is 5. The van der Waals surface area contributed by atoms with Crippen LogP contribution in [0.5, 0.6) is 0 Å². The molecule has 0 saturated carbocycles. The van der Waals surface area contributed by atoms with Gasteiger partial charge in [0.15, 0.2) is 0 Å². The third-order valence-electron chi connectivity index (χ3n) is 3.10. The summed E-state index contributed by atoms with van der Waals surface area (Å²) < 4.78 is 4.99. The summed E-state index contributed by atoms with van der Waals surface area (Å²) in [7, 11) is 1.63. The molecule has 2 N–H and O–H groups in total. The van der Waals surface area contributed by atoms with Gasteiger partial charge < -0.3 is 15.4 Å². The molecule has 0 radical (unpaired) electrons. The monoisotopic (exact) mass is 257 g/mol. The van der Waals surface area contributed by atoms with E-state index in [-0.39, 0.29) is 23.8 Å². The first-order valence-electron chi connectivity index (χ1n) is 6.43. The molecule has 1 aliphatic rings. The molecule has 0 spiro atoms. The lowest BCUT2D eigenvalue weighted by Gasteiger charge is -2.35. The van der Waals surface area contributed by atoms with E-state index in [4.69, 9.17) is 4.74 Å². The van der Waals surface area contributed by atoms with Crippen molar-refractivity contribution in [2.75, 3.05) is 39.8 Å². The van der Waals surface area contributed by atoms with Crippen molar-refractivity contribution in [2.24, 2.45) is 5.92 Å². The molecule has 1 saturated heterocycles. The van der Waals surface area contributed by atoms with Gasteiger partial charge in [0.25, 0.3) is 0 Å². The second-order valence-corrected chi connectivity index (χ2v) is 4.48. The van der Waals surface area contributed by atoms with Gasteiger partial charge in [0.1, 0.15) is 6.04 Å². The van der Waals surface area contributed by atoms with Crippen LogP contribution in [0.25, 0.3) is 0 Å². The number of hydrogen-bond donors (Lipinski definition) is 2. The van der Waals surface area contributed by atoms with E-state index >= 15 is 0 Å². The highest BCUT2D eigenvalue weighted by atomic mass is 16.5. The molecule has 0 aromatic rings. The number of esters is 1. The normalized spacial score (nSPS) is 22.3. The molecule has 1 fully saturated rings. The highest BCUT2D eigenvalue weighted by Crippen LogP contribution is 2.09. The van der Waals surface area contributed by atoms with E-state index in [0.29, 0.717) is 19.7 Å². The smallest absolute Gasteiger partial charge is 0.309 e. The molecule has 18 heavy (non-hydrogen) atoms. The number of nitrogens with one attached hydrogen (secondary N) is 2. The van der Waals surface area contributed by atoms with E-state index < -0.39 is 0 Å². The van der Waals surface area contributed by atoms with Crippen LogP contribution < -0.4 is 10.6 Å². The van der Waals surface area contributed by atoms with Gasteiger partial charge in [-0.05, 0) is 6.92 Å². The first-order valence-corrected chi connectivity index (χ1v) is 6.43. The minimum atomic E-state index is -0.213. The average molecular weight is 257 g/mol. The molecule has 0 aromatic heterocycles. The van der Waals surface area contributed by atoms with Gasteiger partial charge in [0, 0.05) is 33.2 Å². The number of hydrogen-bond acceptors (Lipinski definition) is 5. The van der Waals surface area contributed by atoms with Crippen LogP contribution in [0.3, 0.4) is 0 Å². The molecule has 1 amide bonds. The molecular formula is C12H23N3O3. The summed E-state index contributed by atoms with van der Waals surface area (Å²) >= 11 is 0. The fraction of sp³-hybridized carbons (Fsp3) is 0.833. The molecule has 0 bridgehead atoms. The highest BCUT2D eigenvalue weighted by molar-refractivity contribution is 5.82. The minimum absolute atomic E-state index is 0.0155. The molecular weight excluding hydrogens is 234 g/mol. The van der Waals surface area contributed by atoms with E-state index in [2.05, 4.69) is 10.6 Å². The summed E-state index contributed by atoms with van der Waals surface area (Å²) in [6.07, 6.45) is 0. The average Bonchev–Trinajstić information content (AvgIpc) is 2.38. The number of ether oxygens (including phenoxy) is 1. The lowest BCUT2D eigenvalue weighted by molar-refractivity contribution is -0.149. The third kappa shape index (κ3) is 3.96. The number of likely N-dealkylation sites (N-methyl/N-ethyl adjacent to an activating group) is 1. The zero-order chi connectivity index (χ0) is 13.5. The molecule has 1 heterocycles. The van der Waals surface area contributed by atoms with Gasteiger partial charge in [-0.1, -0.05) is 6.92 Å². The Morgan fingerprint density at radius 1 is 1.56 bits per heavy atom. The largest absolute Gasteiger partial charge is 0.466 e. The van der Waals surface area contributed by atoms with Crippen molar-refractivity contribution >= 4 is 11.9 Å². The Labute approximate surface area is 108 Å². The second kappa shape index (κ2) is 7.33. The Kier molecular flexibility index (Phi) is 6.07. The van der Waals surface area contributed by atoms with E-state index in [9.17, 15) is 9.59 Å². The molecule has 1 aliphatic heterocycles. The van der Waals surface area contributed by atoms with Gasteiger partial charge in [-0.15, -0.1) is 0 Å². The number of carbonyl (C=O) groups is 2. The lowest BCUT2D eigenvalue weighted by Crippen LogP contribution is -2.58. The summed E-state index contributed by atoms with van der Waals surface area (Å²) in [5.74, 6) is -0.430. The first kappa shape index (κ1) is 14.9. The molecule has 0 aliphatic carbocycles. The number of amides is 1. The van der Waals surface area contributed by atoms with Gasteiger partial charge in [0.2, 0.25) is 5.91 Å². The number of nitrogens with zero attached hydrogens (tertiary/aromatic N) is 1. The van der Waals surface area contributed by atoms with E-state index in [1.807, 2.05) is 11.8 Å². The maximum absolute atomic E-state index is 11.7. The SMILES string of the molecule is CCOC(=O)C(C)CN1CCNCC1C(=O)NC. The molecule has 0 aromatic carbocycles. The van der Waals surface area contributed by atoms with Crippen molar-refractivity contribution in [3.05, 3.63) is 0 Å². The second-order valence-electron chi connectivity index (χ2n) is 4.48. The lowest BCUT2D eigenvalue weighted by atomic mass is 10.1. The van der Waals surface area contributed by atoms with Crippen LogP contribution in [-0.2, 0) is 14.3 Å². The van der Waals surface area contributed by atoms with E-state index in [1.54, 1.807) is 14.0 Å². The van der Waals surface area contributed by atoms with Crippen LogP contribution >= 0.6 is 0 Å². The van der Waals surface area contributed by atoms with Gasteiger partial charge in [-0.25, -0.2) is 0 Å². The van der Waals surface area contributed by atoms with Crippen molar-refractivity contribution in [3.63, 3.8) is 0 Å². The Morgan fingerprint density at radius 3 is 2.89 bits per heavy atom. The zero-order valence-electron chi connectivity index (χ0n) is 11.4. The molecule has 6 heteroatoms. The van der Waals surface area contributed by atoms with Crippen molar-refractivity contribution in [1.29, 1.82) is 0 Å². The van der Waals surface area contributed by atoms with Crippen LogP contribution in [0.2, 0.25) is 0 Å². The number of carbonyl (C=O) groups excluding carboxylic acids is 2. The summed E-state index contributed by atoms with van der Waals surface area (Å²) in [6.45, 7) is 6.80. The van der Waals surface area contributed by atoms with Crippen molar-refractivity contribution in [1.82, 2.24) is 15.5 Å². The van der Waals surface area contributed by atoms with Gasteiger partial charge >= 0.3 is 5.97 Å². The topological polar surface area (TPSA) is 70.7 Å². The van der Waals surface area contributed by atoms with Crippen LogP contribution in [-0.4, -0.2) is 62.7 Å². The van der Waals surface area contributed by atoms with Crippen molar-refractivity contribution in [3.8, 4) is 0 Å². The Bertz CT molecular complexity index is 296. The summed E-state index contributed by atoms with van der Waals surface area (Å²) in [5.41, 5.74) is 0. The van der Waals surface area contributed by atoms with Crippen LogP contribution in [0.15, 0.2) is 0 Å². The molecule has 104 valence electrons. The van der Waals surface area contributed by atoms with Gasteiger partial charge in [-0.3, -0.25) is 14.5 Å². The Morgan fingerprint density at radius 2 is 2.28 bits per heavy atom. The molecule has 2 atom stereocenters. The predicted octanol–water partition coefficient (Wildman–Crippen LogP) is -0.795. The standard InChI is InChI=1S/C12H23N3O3/c1-4-18-12(17)9(2)8-15-6-5-14-7-10(15)11(16)13-3/h9-10,14H,4-8H2,1-3H3,(H,13,16). The minimum Gasteiger partial charge on any atom is -0.466 e. The van der Waals surface area contributed by atoms with Crippen molar-refractivity contribution in [2.45, 2.75) is 19.9 Å². The highest BCUT2D eigenvalue weighted by Gasteiger charge is 2.30. The number of piperazine rings is 1. The quantitative estimate of drug-likeness (QED) is 0.631. The fourth-order valence-corrected chi connectivity index (χ4v) is 2.10. The van der Waals surface area contributed by atoms with Gasteiger partial charge in [0.05, 0.1) is 12.5 Å². The Balaban J connectivity index is 2.56. The summed E-state index contributed by atoms with van der Waals surface area (Å²) in [5, 5.41) is 5.84. The maximum Gasteiger partial charge on any atom is 0.309 e. The van der Waals surface area contributed by atoms with E-state index in [0.717, 1.165) is 13.1 Å². The summed E-state index contributed by atoms with van der Waals surface area (Å²) in [4.78, 5) is 25.4. The maximum atomic E-state index is 11.7. The van der Waals surface area contributed by atoms with Crippen LogP contribution in [0.4, 0.5) is 0 Å². The van der Waals surface area contributed by atoms with Crippen LogP contribution in [0, 0.1) is 5.92 Å². The fourth-order valence-electron chi connectivity index (χ4n) is 2.10. The van der Waals surface area contributed by atoms with Crippen LogP contribution in [0.1, 0.15) is 13.8 Å². The molecule has 6 nitrogen and oxygen atoms in total. The third-order valence-corrected chi connectivity index (χ3v) is 3.10. The Hall–Kier alpha value is -1.14. The van der Waals surface area contributed by atoms with E-state index in [1.165, 1.54) is 0 Å². The molecule has 1 rings (SSSR count). The zero-order valence-corrected chi connectivity index (χ0v) is 11.4. The van der Waals surface area contributed by atoms with Crippen molar-refractivity contribution < 1.29 is 14.3 Å². The first-order chi connectivity index (χ1) is 8.60. The van der Waals surface area contributed by atoms with Gasteiger partial charge in [-0.2, -0.15) is 0 Å². The summed E-state index contributed by atoms with van der Waals surface area (Å²) in [6, 6.07) is -0.208. The predicted molar refractivity (Wildman–Crippen MR) is 68.1 cm³/mol.